The Balaban J connectivity index is 2.60. The maximum atomic E-state index is 5.46. The van der Waals surface area contributed by atoms with E-state index in [0.717, 1.165) is 23.2 Å². The number of aryl methyl sites for hydroxylation is 1. The van der Waals surface area contributed by atoms with Crippen LogP contribution in [0.2, 0.25) is 0 Å². The van der Waals surface area contributed by atoms with Crippen molar-refractivity contribution in [2.45, 2.75) is 13.3 Å². The van der Waals surface area contributed by atoms with Crippen LogP contribution in [0, 0.1) is 6.92 Å². The van der Waals surface area contributed by atoms with Gasteiger partial charge < -0.3 is 10.2 Å². The van der Waals surface area contributed by atoms with Gasteiger partial charge in [0.25, 0.3) is 0 Å². The molecule has 0 saturated heterocycles. The van der Waals surface area contributed by atoms with E-state index in [1.54, 1.807) is 6.20 Å². The molecule has 0 atom stereocenters. The van der Waals surface area contributed by atoms with Crippen molar-refractivity contribution < 1.29 is 4.42 Å². The molecule has 0 saturated carbocycles. The molecule has 4 nitrogen and oxygen atoms in total. The zero-order valence-electron chi connectivity index (χ0n) is 7.45. The van der Waals surface area contributed by atoms with E-state index in [9.17, 15) is 0 Å². The molecule has 68 valence electrons. The molecular weight excluding hydrogens is 166 g/mol. The van der Waals surface area contributed by atoms with Crippen molar-refractivity contribution in [3.63, 3.8) is 0 Å². The smallest absolute Gasteiger partial charge is 0.192 e. The standard InChI is InChI=1S/C9H11N3O/c1-6-12-8-3-5-11-7(2-4-10)9(8)13-6/h3,5H,2,4,10H2,1H3. The van der Waals surface area contributed by atoms with Gasteiger partial charge in [0, 0.05) is 19.5 Å². The van der Waals surface area contributed by atoms with Crippen LogP contribution in [0.15, 0.2) is 16.7 Å². The van der Waals surface area contributed by atoms with Crippen molar-refractivity contribution in [1.29, 1.82) is 0 Å². The molecule has 2 heterocycles. The molecule has 0 spiro atoms. The number of hydrogen-bond donors (Lipinski definition) is 1. The monoisotopic (exact) mass is 177 g/mol. The van der Waals surface area contributed by atoms with Gasteiger partial charge in [0.05, 0.1) is 5.69 Å². The van der Waals surface area contributed by atoms with Crippen LogP contribution >= 0.6 is 0 Å². The van der Waals surface area contributed by atoms with E-state index in [0.29, 0.717) is 12.4 Å². The number of pyridine rings is 1. The number of fused-ring (bicyclic) bond motifs is 1. The molecule has 0 aromatic carbocycles. The van der Waals surface area contributed by atoms with Gasteiger partial charge in [0.15, 0.2) is 11.5 Å². The Morgan fingerprint density at radius 2 is 2.38 bits per heavy atom. The molecule has 0 fully saturated rings. The molecule has 2 aromatic heterocycles. The fourth-order valence-corrected chi connectivity index (χ4v) is 1.33. The van der Waals surface area contributed by atoms with Gasteiger partial charge in [-0.3, -0.25) is 4.98 Å². The summed E-state index contributed by atoms with van der Waals surface area (Å²) in [5.41, 5.74) is 7.97. The summed E-state index contributed by atoms with van der Waals surface area (Å²) in [7, 11) is 0. The lowest BCUT2D eigenvalue weighted by Crippen LogP contribution is -2.04. The Bertz CT molecular complexity index is 422. The number of nitrogens with zero attached hydrogens (tertiary/aromatic N) is 2. The molecule has 2 aromatic rings. The number of oxazole rings is 1. The lowest BCUT2D eigenvalue weighted by molar-refractivity contribution is 0.555. The fourth-order valence-electron chi connectivity index (χ4n) is 1.33. The van der Waals surface area contributed by atoms with Gasteiger partial charge in [-0.1, -0.05) is 0 Å². The summed E-state index contributed by atoms with van der Waals surface area (Å²) in [6.45, 7) is 2.40. The summed E-state index contributed by atoms with van der Waals surface area (Å²) in [5, 5.41) is 0. The molecule has 0 bridgehead atoms. The molecule has 13 heavy (non-hydrogen) atoms. The van der Waals surface area contributed by atoms with Gasteiger partial charge in [-0.25, -0.2) is 4.98 Å². The Labute approximate surface area is 75.8 Å². The maximum absolute atomic E-state index is 5.46. The Kier molecular flexibility index (Phi) is 1.98. The number of nitrogens with two attached hydrogens (primary N) is 1. The van der Waals surface area contributed by atoms with Crippen molar-refractivity contribution >= 4 is 11.1 Å². The highest BCUT2D eigenvalue weighted by Gasteiger charge is 2.07. The predicted molar refractivity (Wildman–Crippen MR) is 49.3 cm³/mol. The summed E-state index contributed by atoms with van der Waals surface area (Å²) in [6, 6.07) is 1.84. The molecule has 0 amide bonds. The van der Waals surface area contributed by atoms with E-state index in [1.165, 1.54) is 0 Å². The summed E-state index contributed by atoms with van der Waals surface area (Å²) in [5.74, 6) is 0.668. The van der Waals surface area contributed by atoms with Crippen molar-refractivity contribution in [3.8, 4) is 0 Å². The van der Waals surface area contributed by atoms with Crippen molar-refractivity contribution in [1.82, 2.24) is 9.97 Å². The van der Waals surface area contributed by atoms with Crippen molar-refractivity contribution in [2.75, 3.05) is 6.54 Å². The second-order valence-corrected chi connectivity index (χ2v) is 2.88. The van der Waals surface area contributed by atoms with Gasteiger partial charge in [-0.05, 0) is 12.6 Å². The van der Waals surface area contributed by atoms with Crippen LogP contribution < -0.4 is 5.73 Å². The molecule has 0 aliphatic carbocycles. The number of aromatic nitrogens is 2. The van der Waals surface area contributed by atoms with Crippen LogP contribution in [0.5, 0.6) is 0 Å². The minimum Gasteiger partial charge on any atom is -0.439 e. The van der Waals surface area contributed by atoms with Crippen LogP contribution in [0.1, 0.15) is 11.6 Å². The molecule has 4 heteroatoms. The summed E-state index contributed by atoms with van der Waals surface area (Å²) in [4.78, 5) is 8.40. The Morgan fingerprint density at radius 3 is 3.15 bits per heavy atom. The topological polar surface area (TPSA) is 64.9 Å². The third kappa shape index (κ3) is 1.40. The lowest BCUT2D eigenvalue weighted by Gasteiger charge is -1.96. The highest BCUT2D eigenvalue weighted by Crippen LogP contribution is 2.17. The second-order valence-electron chi connectivity index (χ2n) is 2.88. The van der Waals surface area contributed by atoms with Gasteiger partial charge >= 0.3 is 0 Å². The Morgan fingerprint density at radius 1 is 1.54 bits per heavy atom. The van der Waals surface area contributed by atoms with E-state index in [1.807, 2.05) is 13.0 Å². The number of rotatable bonds is 2. The van der Waals surface area contributed by atoms with Gasteiger partial charge in [-0.15, -0.1) is 0 Å². The van der Waals surface area contributed by atoms with E-state index in [4.69, 9.17) is 10.2 Å². The fraction of sp³-hybridized carbons (Fsp3) is 0.333. The third-order valence-corrected chi connectivity index (χ3v) is 1.87. The van der Waals surface area contributed by atoms with Crippen molar-refractivity contribution in [2.24, 2.45) is 5.73 Å². The molecule has 0 radical (unpaired) electrons. The minimum absolute atomic E-state index is 0.575. The summed E-state index contributed by atoms with van der Waals surface area (Å²) < 4.78 is 5.42. The Hall–Kier alpha value is -1.42. The highest BCUT2D eigenvalue weighted by atomic mass is 16.3. The molecule has 2 rings (SSSR count). The van der Waals surface area contributed by atoms with Crippen LogP contribution in [0.4, 0.5) is 0 Å². The van der Waals surface area contributed by atoms with E-state index in [-0.39, 0.29) is 0 Å². The zero-order valence-corrected chi connectivity index (χ0v) is 7.45. The van der Waals surface area contributed by atoms with Crippen LogP contribution in [-0.2, 0) is 6.42 Å². The van der Waals surface area contributed by atoms with Crippen LogP contribution in [0.3, 0.4) is 0 Å². The minimum atomic E-state index is 0.575. The van der Waals surface area contributed by atoms with Crippen LogP contribution in [-0.4, -0.2) is 16.5 Å². The summed E-state index contributed by atoms with van der Waals surface area (Å²) >= 11 is 0. The van der Waals surface area contributed by atoms with Gasteiger partial charge in [-0.2, -0.15) is 0 Å². The lowest BCUT2D eigenvalue weighted by atomic mass is 10.2. The van der Waals surface area contributed by atoms with E-state index in [2.05, 4.69) is 9.97 Å². The first kappa shape index (κ1) is 8.19. The first-order valence-electron chi connectivity index (χ1n) is 4.22. The first-order valence-corrected chi connectivity index (χ1v) is 4.22. The zero-order chi connectivity index (χ0) is 9.26. The van der Waals surface area contributed by atoms with Crippen LogP contribution in [0.25, 0.3) is 11.1 Å². The van der Waals surface area contributed by atoms with Gasteiger partial charge in [0.2, 0.25) is 0 Å². The average molecular weight is 177 g/mol. The highest BCUT2D eigenvalue weighted by molar-refractivity contribution is 5.74. The predicted octanol–water partition coefficient (Wildman–Crippen LogP) is 1.03. The SMILES string of the molecule is Cc1nc2ccnc(CCN)c2o1. The third-order valence-electron chi connectivity index (χ3n) is 1.87. The first-order chi connectivity index (χ1) is 6.31. The molecule has 0 aliphatic heterocycles. The van der Waals surface area contributed by atoms with Gasteiger partial charge in [0.1, 0.15) is 5.52 Å². The summed E-state index contributed by atoms with van der Waals surface area (Å²) in [6.07, 6.45) is 2.46. The number of hydrogen-bond acceptors (Lipinski definition) is 4. The second kappa shape index (κ2) is 3.14. The van der Waals surface area contributed by atoms with E-state index >= 15 is 0 Å². The average Bonchev–Trinajstić information content (AvgIpc) is 2.47. The molecular formula is C9H11N3O. The largest absolute Gasteiger partial charge is 0.439 e. The van der Waals surface area contributed by atoms with Crippen molar-refractivity contribution in [3.05, 3.63) is 23.8 Å². The van der Waals surface area contributed by atoms with E-state index < -0.39 is 0 Å². The maximum Gasteiger partial charge on any atom is 0.192 e. The molecule has 0 aliphatic rings. The molecule has 0 unspecified atom stereocenters. The molecule has 2 N–H and O–H groups in total. The quantitative estimate of drug-likeness (QED) is 0.744. The normalized spacial score (nSPS) is 10.9.